The molecule has 1 saturated heterocycles. The van der Waals surface area contributed by atoms with Gasteiger partial charge >= 0.3 is 0 Å². The third-order valence-corrected chi connectivity index (χ3v) is 13.2. The molecule has 0 amide bonds. The Bertz CT molecular complexity index is 1690. The van der Waals surface area contributed by atoms with Crippen molar-refractivity contribution in [2.24, 2.45) is 22.7 Å². The fourth-order valence-electron chi connectivity index (χ4n) is 9.44. The van der Waals surface area contributed by atoms with E-state index in [1.165, 1.54) is 19.1 Å². The lowest BCUT2D eigenvalue weighted by Crippen LogP contribution is -2.70. The maximum absolute atomic E-state index is 17.6. The average Bonchev–Trinajstić information content (AvgIpc) is 3.56. The number of Topliss-reactive ketones (excluding diaryl/α,β-unsaturated/α-hetero) is 1. The third-order valence-electron chi connectivity index (χ3n) is 11.8. The van der Waals surface area contributed by atoms with Gasteiger partial charge in [-0.3, -0.25) is 9.59 Å². The number of rotatable bonds is 7. The number of benzene rings is 2. The topological polar surface area (TPSA) is 105 Å². The molecule has 7 nitrogen and oxygen atoms in total. The first-order valence-electron chi connectivity index (χ1n) is 15.9. The van der Waals surface area contributed by atoms with E-state index in [1.54, 1.807) is 18.7 Å². The van der Waals surface area contributed by atoms with Crippen LogP contribution >= 0.6 is 23.4 Å². The minimum atomic E-state index is -2.29. The number of fused-ring (bicyclic) bond motifs is 7. The largest absolute Gasteiger partial charge is 0.390 e. The third kappa shape index (κ3) is 4.58. The van der Waals surface area contributed by atoms with Crippen molar-refractivity contribution in [3.8, 4) is 0 Å². The average molecular weight is 686 g/mol. The maximum Gasteiger partial charge on any atom is 0.193 e. The van der Waals surface area contributed by atoms with Crippen LogP contribution in [0.4, 0.5) is 14.5 Å². The van der Waals surface area contributed by atoms with Crippen molar-refractivity contribution >= 4 is 40.6 Å². The summed E-state index contributed by atoms with van der Waals surface area (Å²) in [5.74, 6) is -1.91. The molecule has 0 spiro atoms. The monoisotopic (exact) mass is 685 g/mol. The van der Waals surface area contributed by atoms with Crippen molar-refractivity contribution in [1.29, 1.82) is 0 Å². The minimum Gasteiger partial charge on any atom is -0.390 e. The molecule has 0 radical (unpaired) electrons. The molecular formula is C36H38ClF2NO6S. The van der Waals surface area contributed by atoms with Crippen LogP contribution in [0.1, 0.15) is 50.5 Å². The van der Waals surface area contributed by atoms with Crippen LogP contribution in [-0.4, -0.2) is 65.1 Å². The first kappa shape index (κ1) is 32.9. The molecule has 1 heterocycles. The van der Waals surface area contributed by atoms with Crippen LogP contribution in [-0.2, 0) is 24.8 Å². The Morgan fingerprint density at radius 1 is 1.15 bits per heavy atom. The van der Waals surface area contributed by atoms with E-state index in [-0.39, 0.29) is 24.8 Å². The molecule has 4 aliphatic carbocycles. The van der Waals surface area contributed by atoms with Crippen LogP contribution in [0.5, 0.6) is 0 Å². The van der Waals surface area contributed by atoms with E-state index in [0.29, 0.717) is 16.3 Å². The zero-order valence-corrected chi connectivity index (χ0v) is 27.9. The number of carbonyl (C=O) groups is 2. The van der Waals surface area contributed by atoms with E-state index in [1.807, 2.05) is 49.5 Å². The van der Waals surface area contributed by atoms with Gasteiger partial charge in [-0.05, 0) is 73.6 Å². The van der Waals surface area contributed by atoms with Crippen LogP contribution in [0.25, 0.3) is 0 Å². The number of ketones is 2. The van der Waals surface area contributed by atoms with Crippen molar-refractivity contribution in [3.63, 3.8) is 0 Å². The van der Waals surface area contributed by atoms with Crippen LogP contribution in [0.3, 0.4) is 0 Å². The summed E-state index contributed by atoms with van der Waals surface area (Å²) in [4.78, 5) is 27.0. The molecule has 0 bridgehead atoms. The molecule has 0 aromatic heterocycles. The molecule has 250 valence electrons. The van der Waals surface area contributed by atoms with Gasteiger partial charge < -0.3 is 25.0 Å². The van der Waals surface area contributed by atoms with Gasteiger partial charge in [0.1, 0.15) is 12.8 Å². The van der Waals surface area contributed by atoms with Crippen LogP contribution in [0.15, 0.2) is 71.2 Å². The number of ether oxygens (including phenoxy) is 2. The lowest BCUT2D eigenvalue weighted by Gasteiger charge is -2.63. The summed E-state index contributed by atoms with van der Waals surface area (Å²) in [5, 5.41) is 25.6. The van der Waals surface area contributed by atoms with Gasteiger partial charge in [-0.25, -0.2) is 8.78 Å². The van der Waals surface area contributed by atoms with Crippen molar-refractivity contribution in [1.82, 2.24) is 0 Å². The lowest BCUT2D eigenvalue weighted by atomic mass is 9.44. The van der Waals surface area contributed by atoms with Gasteiger partial charge in [0.2, 0.25) is 0 Å². The number of aliphatic hydroxyl groups is 2. The van der Waals surface area contributed by atoms with E-state index >= 15 is 8.78 Å². The van der Waals surface area contributed by atoms with Crippen molar-refractivity contribution in [2.45, 2.75) is 79.7 Å². The summed E-state index contributed by atoms with van der Waals surface area (Å²) >= 11 is 7.87. The Morgan fingerprint density at radius 2 is 1.89 bits per heavy atom. The zero-order chi connectivity index (χ0) is 33.5. The van der Waals surface area contributed by atoms with E-state index in [0.717, 1.165) is 22.2 Å². The van der Waals surface area contributed by atoms with E-state index < -0.39 is 76.8 Å². The van der Waals surface area contributed by atoms with Crippen molar-refractivity contribution in [2.75, 3.05) is 19.0 Å². The fraction of sp³-hybridized carbons (Fsp3) is 0.500. The second kappa shape index (κ2) is 11.5. The summed E-state index contributed by atoms with van der Waals surface area (Å²) in [6.45, 7) is 2.49. The summed E-state index contributed by atoms with van der Waals surface area (Å²) in [5.41, 5.74) is -4.05. The Labute approximate surface area is 281 Å². The molecule has 1 aliphatic heterocycles. The highest BCUT2D eigenvalue weighted by Crippen LogP contribution is 2.72. The van der Waals surface area contributed by atoms with Gasteiger partial charge in [-0.15, -0.1) is 11.8 Å². The minimum absolute atomic E-state index is 0.0380. The Morgan fingerprint density at radius 3 is 2.60 bits per heavy atom. The second-order valence-corrected chi connectivity index (χ2v) is 15.4. The highest BCUT2D eigenvalue weighted by Gasteiger charge is 2.80. The number of allylic oxidation sites excluding steroid dienone is 4. The Balaban J connectivity index is 1.15. The van der Waals surface area contributed by atoms with Gasteiger partial charge in [0.05, 0.1) is 22.9 Å². The van der Waals surface area contributed by atoms with Gasteiger partial charge in [-0.1, -0.05) is 48.9 Å². The molecule has 2 aromatic carbocycles. The first-order chi connectivity index (χ1) is 22.3. The zero-order valence-electron chi connectivity index (χ0n) is 26.3. The number of aliphatic hydroxyl groups excluding tert-OH is 2. The quantitative estimate of drug-likeness (QED) is 0.291. The molecular weight excluding hydrogens is 648 g/mol. The molecule has 5 aliphatic rings. The highest BCUT2D eigenvalue weighted by molar-refractivity contribution is 7.98. The molecule has 47 heavy (non-hydrogen) atoms. The number of hydrogen-bond acceptors (Lipinski definition) is 8. The summed E-state index contributed by atoms with van der Waals surface area (Å²) in [7, 11) is 1.82. The first-order valence-corrected chi connectivity index (χ1v) is 17.3. The van der Waals surface area contributed by atoms with E-state index in [2.05, 4.69) is 5.32 Å². The number of hydrogen-bond donors (Lipinski definition) is 3. The van der Waals surface area contributed by atoms with Gasteiger partial charge in [0, 0.05) is 40.0 Å². The van der Waals surface area contributed by atoms with E-state index in [9.17, 15) is 19.8 Å². The molecule has 10 atom stereocenters. The number of nitrogens with one attached hydrogen (secondary N) is 1. The number of halogens is 3. The Kier molecular flexibility index (Phi) is 8.05. The van der Waals surface area contributed by atoms with Crippen molar-refractivity contribution < 1.29 is 38.1 Å². The summed E-state index contributed by atoms with van der Waals surface area (Å²) in [6, 6.07) is 13.5. The maximum atomic E-state index is 17.6. The lowest BCUT2D eigenvalue weighted by molar-refractivity contribution is -0.235. The van der Waals surface area contributed by atoms with Crippen LogP contribution < -0.4 is 5.32 Å². The van der Waals surface area contributed by atoms with Gasteiger partial charge in [0.25, 0.3) is 0 Å². The summed E-state index contributed by atoms with van der Waals surface area (Å²) < 4.78 is 46.4. The molecule has 2 aromatic rings. The predicted molar refractivity (Wildman–Crippen MR) is 175 cm³/mol. The number of anilines is 1. The SMILES string of the molecule is CNc1cc(SCc2ccc([C@H]3O[C@@H]4C[C@H]5[C@@H]6C[C@H](F)C7=CC(=O)C=C[C@]7(C)[C@@]6(F)[C@@H](O)C[C@]5(C)[C@]4(C(=O)CO)O3)cc2)ccc1Cl. The van der Waals surface area contributed by atoms with Crippen LogP contribution in [0, 0.1) is 22.7 Å². The second-order valence-electron chi connectivity index (χ2n) is 13.9. The highest BCUT2D eigenvalue weighted by atomic mass is 35.5. The smallest absolute Gasteiger partial charge is 0.193 e. The predicted octanol–water partition coefficient (Wildman–Crippen LogP) is 6.32. The summed E-state index contributed by atoms with van der Waals surface area (Å²) in [6.07, 6.45) is -1.42. The molecule has 11 heteroatoms. The molecule has 3 N–H and O–H groups in total. The molecule has 4 fully saturated rings. The standard InChI is InChI=1S/C36H38ClF2NO6S/c1-33-11-10-21(42)12-25(33)27(38)14-24-23-15-31-36(30(44)17-41,34(23,2)16-29(43)35(24,33)39)46-32(45-31)20-6-4-19(5-7-20)18-47-22-8-9-26(37)28(13-22)40-3/h4-13,23-24,27,29,31-32,40-41,43H,14-18H2,1-3H3/t23-,24-,27-,29-,31+,32-,33-,34-,35-,36+/m0/s1. The van der Waals surface area contributed by atoms with Crippen LogP contribution in [0.2, 0.25) is 5.02 Å². The fourth-order valence-corrected chi connectivity index (χ4v) is 10.5. The number of carbonyl (C=O) groups excluding carboxylic acids is 2. The number of thioether (sulfide) groups is 1. The molecule has 3 saturated carbocycles. The van der Waals surface area contributed by atoms with Gasteiger partial charge in [0.15, 0.2) is 29.1 Å². The normalized spacial score (nSPS) is 40.3. The number of alkyl halides is 2. The van der Waals surface area contributed by atoms with Gasteiger partial charge in [-0.2, -0.15) is 0 Å². The molecule has 7 rings (SSSR count). The Hall–Kier alpha value is -2.60. The van der Waals surface area contributed by atoms with E-state index in [4.69, 9.17) is 21.1 Å². The molecule has 0 unspecified atom stereocenters. The van der Waals surface area contributed by atoms with Crippen molar-refractivity contribution in [3.05, 3.63) is 82.4 Å².